The Hall–Kier alpha value is -2.38. The molecule has 0 aromatic heterocycles. The molecule has 0 saturated carbocycles. The molecular formula is C19H23NO5S. The van der Waals surface area contributed by atoms with Crippen molar-refractivity contribution < 1.29 is 22.1 Å². The van der Waals surface area contributed by atoms with Crippen LogP contribution in [0.15, 0.2) is 54.6 Å². The standard InChI is InChI=1S/C19H23NO5S/c1-14(2)24-19(21)18(20-13-15-7-5-4-6-8-15)16-9-11-17(12-10-16)25-26(3,22)23/h4-12,14,18,20H,13H2,1-3H3. The van der Waals surface area contributed by atoms with Gasteiger partial charge >= 0.3 is 16.1 Å². The second-order valence-electron chi connectivity index (χ2n) is 6.14. The monoisotopic (exact) mass is 377 g/mol. The van der Waals surface area contributed by atoms with E-state index in [2.05, 4.69) is 5.32 Å². The lowest BCUT2D eigenvalue weighted by Crippen LogP contribution is -2.31. The predicted molar refractivity (Wildman–Crippen MR) is 99.2 cm³/mol. The Bertz CT molecular complexity index is 817. The molecule has 26 heavy (non-hydrogen) atoms. The summed E-state index contributed by atoms with van der Waals surface area (Å²) in [5, 5.41) is 3.19. The normalized spacial score (nSPS) is 12.6. The van der Waals surface area contributed by atoms with Crippen LogP contribution in [0.25, 0.3) is 0 Å². The van der Waals surface area contributed by atoms with Gasteiger partial charge in [-0.05, 0) is 37.1 Å². The van der Waals surface area contributed by atoms with E-state index in [-0.39, 0.29) is 11.9 Å². The molecule has 2 aromatic rings. The van der Waals surface area contributed by atoms with E-state index in [1.807, 2.05) is 30.3 Å². The van der Waals surface area contributed by atoms with E-state index < -0.39 is 22.1 Å². The third-order valence-electron chi connectivity index (χ3n) is 3.40. The van der Waals surface area contributed by atoms with E-state index in [1.54, 1.807) is 26.0 Å². The number of carbonyl (C=O) groups excluding carboxylic acids is 1. The Labute approximate surface area is 154 Å². The highest BCUT2D eigenvalue weighted by Gasteiger charge is 2.23. The molecule has 0 aliphatic carbocycles. The Morgan fingerprint density at radius 3 is 2.19 bits per heavy atom. The molecule has 0 radical (unpaired) electrons. The topological polar surface area (TPSA) is 81.7 Å². The lowest BCUT2D eigenvalue weighted by Gasteiger charge is -2.20. The summed E-state index contributed by atoms with van der Waals surface area (Å²) in [6.45, 7) is 4.06. The van der Waals surface area contributed by atoms with Crippen LogP contribution in [0.3, 0.4) is 0 Å². The van der Waals surface area contributed by atoms with Gasteiger partial charge in [-0.1, -0.05) is 42.5 Å². The number of hydrogen-bond acceptors (Lipinski definition) is 6. The minimum atomic E-state index is -3.60. The number of esters is 1. The third-order valence-corrected chi connectivity index (χ3v) is 3.90. The van der Waals surface area contributed by atoms with Gasteiger partial charge in [-0.25, -0.2) is 4.79 Å². The van der Waals surface area contributed by atoms with Gasteiger partial charge in [-0.3, -0.25) is 5.32 Å². The smallest absolute Gasteiger partial charge is 0.328 e. The van der Waals surface area contributed by atoms with Gasteiger partial charge in [0, 0.05) is 6.54 Å². The highest BCUT2D eigenvalue weighted by molar-refractivity contribution is 7.86. The van der Waals surface area contributed by atoms with Gasteiger partial charge in [0.15, 0.2) is 0 Å². The molecule has 0 heterocycles. The Morgan fingerprint density at radius 2 is 1.65 bits per heavy atom. The SMILES string of the molecule is CC(C)OC(=O)C(NCc1ccccc1)c1ccc(OS(C)(=O)=O)cc1. The molecule has 0 amide bonds. The highest BCUT2D eigenvalue weighted by Crippen LogP contribution is 2.21. The van der Waals surface area contributed by atoms with Crippen LogP contribution in [-0.2, 0) is 26.2 Å². The van der Waals surface area contributed by atoms with Crippen LogP contribution in [0, 0.1) is 0 Å². The summed E-state index contributed by atoms with van der Waals surface area (Å²) < 4.78 is 32.6. The zero-order valence-corrected chi connectivity index (χ0v) is 15.8. The zero-order valence-electron chi connectivity index (χ0n) is 15.0. The maximum absolute atomic E-state index is 12.5. The number of benzene rings is 2. The molecule has 2 rings (SSSR count). The lowest BCUT2D eigenvalue weighted by atomic mass is 10.1. The van der Waals surface area contributed by atoms with Gasteiger partial charge in [-0.15, -0.1) is 0 Å². The number of hydrogen-bond donors (Lipinski definition) is 1. The van der Waals surface area contributed by atoms with Crippen LogP contribution in [-0.4, -0.2) is 26.7 Å². The molecule has 0 saturated heterocycles. The molecular weight excluding hydrogens is 354 g/mol. The first kappa shape index (κ1) is 19.9. The first-order chi connectivity index (χ1) is 12.2. The van der Waals surface area contributed by atoms with Crippen molar-refractivity contribution in [2.45, 2.75) is 32.5 Å². The van der Waals surface area contributed by atoms with Crippen LogP contribution >= 0.6 is 0 Å². The van der Waals surface area contributed by atoms with Crippen LogP contribution in [0.4, 0.5) is 0 Å². The molecule has 0 fully saturated rings. The molecule has 1 N–H and O–H groups in total. The van der Waals surface area contributed by atoms with Gasteiger partial charge in [0.25, 0.3) is 0 Å². The van der Waals surface area contributed by atoms with E-state index in [1.165, 1.54) is 12.1 Å². The fourth-order valence-corrected chi connectivity index (χ4v) is 2.80. The summed E-state index contributed by atoms with van der Waals surface area (Å²) in [4.78, 5) is 12.5. The van der Waals surface area contributed by atoms with Crippen molar-refractivity contribution in [1.29, 1.82) is 0 Å². The minimum absolute atomic E-state index is 0.190. The average molecular weight is 377 g/mol. The van der Waals surface area contributed by atoms with Gasteiger partial charge in [0.05, 0.1) is 12.4 Å². The van der Waals surface area contributed by atoms with Crippen LogP contribution in [0.2, 0.25) is 0 Å². The lowest BCUT2D eigenvalue weighted by molar-refractivity contribution is -0.150. The van der Waals surface area contributed by atoms with E-state index >= 15 is 0 Å². The molecule has 0 spiro atoms. The summed E-state index contributed by atoms with van der Waals surface area (Å²) in [6, 6.07) is 15.3. The first-order valence-electron chi connectivity index (χ1n) is 8.22. The highest BCUT2D eigenvalue weighted by atomic mass is 32.2. The summed E-state index contributed by atoms with van der Waals surface area (Å²) in [5.74, 6) is -0.206. The van der Waals surface area contributed by atoms with E-state index in [0.717, 1.165) is 11.8 Å². The van der Waals surface area contributed by atoms with Crippen molar-refractivity contribution in [1.82, 2.24) is 5.32 Å². The Morgan fingerprint density at radius 1 is 1.04 bits per heavy atom. The van der Waals surface area contributed by atoms with E-state index in [4.69, 9.17) is 8.92 Å². The van der Waals surface area contributed by atoms with Crippen molar-refractivity contribution >= 4 is 16.1 Å². The second-order valence-corrected chi connectivity index (χ2v) is 7.72. The van der Waals surface area contributed by atoms with Crippen molar-refractivity contribution in [2.75, 3.05) is 6.26 Å². The van der Waals surface area contributed by atoms with E-state index in [0.29, 0.717) is 12.1 Å². The summed E-state index contributed by atoms with van der Waals surface area (Å²) in [7, 11) is -3.60. The number of nitrogens with one attached hydrogen (secondary N) is 1. The van der Waals surface area contributed by atoms with Crippen molar-refractivity contribution in [3.05, 3.63) is 65.7 Å². The quantitative estimate of drug-likeness (QED) is 0.563. The van der Waals surface area contributed by atoms with Gasteiger partial charge in [0.1, 0.15) is 11.8 Å². The van der Waals surface area contributed by atoms with Crippen LogP contribution in [0.1, 0.15) is 31.0 Å². The van der Waals surface area contributed by atoms with Crippen molar-refractivity contribution in [3.63, 3.8) is 0 Å². The summed E-state index contributed by atoms with van der Waals surface area (Å²) in [5.41, 5.74) is 1.69. The zero-order chi connectivity index (χ0) is 19.2. The summed E-state index contributed by atoms with van der Waals surface area (Å²) >= 11 is 0. The van der Waals surface area contributed by atoms with Crippen LogP contribution in [0.5, 0.6) is 5.75 Å². The molecule has 2 aromatic carbocycles. The minimum Gasteiger partial charge on any atom is -0.462 e. The number of rotatable bonds is 8. The van der Waals surface area contributed by atoms with Crippen molar-refractivity contribution in [3.8, 4) is 5.75 Å². The maximum atomic E-state index is 12.5. The molecule has 0 aliphatic rings. The molecule has 140 valence electrons. The van der Waals surface area contributed by atoms with Crippen LogP contribution < -0.4 is 9.50 Å². The Balaban J connectivity index is 2.18. The summed E-state index contributed by atoms with van der Waals surface area (Å²) in [6.07, 6.45) is 0.738. The second kappa shape index (κ2) is 8.82. The molecule has 0 aliphatic heterocycles. The molecule has 0 bridgehead atoms. The van der Waals surface area contributed by atoms with Gasteiger partial charge in [-0.2, -0.15) is 8.42 Å². The maximum Gasteiger partial charge on any atom is 0.328 e. The fraction of sp³-hybridized carbons (Fsp3) is 0.316. The molecule has 6 nitrogen and oxygen atoms in total. The van der Waals surface area contributed by atoms with Gasteiger partial charge < -0.3 is 8.92 Å². The fourth-order valence-electron chi connectivity index (χ4n) is 2.34. The predicted octanol–water partition coefficient (Wildman–Crippen LogP) is 2.81. The number of ether oxygens (including phenoxy) is 1. The molecule has 1 unspecified atom stereocenters. The van der Waals surface area contributed by atoms with Gasteiger partial charge in [0.2, 0.25) is 0 Å². The van der Waals surface area contributed by atoms with Crippen molar-refractivity contribution in [2.24, 2.45) is 0 Å². The Kier molecular flexibility index (Phi) is 6.76. The number of carbonyl (C=O) groups is 1. The molecule has 1 atom stereocenters. The third kappa shape index (κ3) is 6.50. The largest absolute Gasteiger partial charge is 0.462 e. The molecule has 7 heteroatoms. The average Bonchev–Trinajstić information content (AvgIpc) is 2.55. The first-order valence-corrected chi connectivity index (χ1v) is 10.0. The van der Waals surface area contributed by atoms with E-state index in [9.17, 15) is 13.2 Å².